The average Bonchev–Trinajstić information content (AvgIpc) is 2.95. The Balaban J connectivity index is 1.52. The third kappa shape index (κ3) is 4.93. The van der Waals surface area contributed by atoms with Crippen LogP contribution < -0.4 is 0 Å². The molecule has 1 aliphatic heterocycles. The largest absolute Gasteiger partial charge is 0.459 e. The molecule has 1 fully saturated rings. The fourth-order valence-electron chi connectivity index (χ4n) is 3.05. The van der Waals surface area contributed by atoms with Crippen molar-refractivity contribution in [3.8, 4) is 0 Å². The Bertz CT molecular complexity index is 692. The lowest BCUT2D eigenvalue weighted by Gasteiger charge is -2.21. The van der Waals surface area contributed by atoms with Crippen LogP contribution in [0.4, 0.5) is 0 Å². The molecule has 1 aliphatic rings. The predicted octanol–water partition coefficient (Wildman–Crippen LogP) is 4.43. The summed E-state index contributed by atoms with van der Waals surface area (Å²) in [7, 11) is 0. The number of carbonyl (C=O) groups is 1. The van der Waals surface area contributed by atoms with Crippen LogP contribution >= 0.6 is 15.9 Å². The molecular formula is C21H23BrO4. The Morgan fingerprint density at radius 2 is 1.69 bits per heavy atom. The van der Waals surface area contributed by atoms with Crippen LogP contribution in [-0.4, -0.2) is 30.3 Å². The first-order valence-corrected chi connectivity index (χ1v) is 9.70. The topological polar surface area (TPSA) is 44.8 Å². The molecule has 0 amide bonds. The van der Waals surface area contributed by atoms with Gasteiger partial charge in [0.25, 0.3) is 0 Å². The molecule has 26 heavy (non-hydrogen) atoms. The van der Waals surface area contributed by atoms with Crippen molar-refractivity contribution in [3.63, 3.8) is 0 Å². The number of benzene rings is 2. The average molecular weight is 419 g/mol. The van der Waals surface area contributed by atoms with Crippen molar-refractivity contribution >= 4 is 21.9 Å². The Labute approximate surface area is 162 Å². The van der Waals surface area contributed by atoms with Gasteiger partial charge in [0, 0.05) is 5.92 Å². The van der Waals surface area contributed by atoms with Gasteiger partial charge in [-0.2, -0.15) is 0 Å². The summed E-state index contributed by atoms with van der Waals surface area (Å²) in [5.74, 6) is 0.0988. The van der Waals surface area contributed by atoms with Gasteiger partial charge < -0.3 is 14.2 Å². The highest BCUT2D eigenvalue weighted by molar-refractivity contribution is 9.09. The molecule has 1 heterocycles. The van der Waals surface area contributed by atoms with Gasteiger partial charge in [-0.05, 0) is 23.6 Å². The summed E-state index contributed by atoms with van der Waals surface area (Å²) in [6.45, 7) is 3.47. The van der Waals surface area contributed by atoms with E-state index in [-0.39, 0.29) is 35.5 Å². The van der Waals surface area contributed by atoms with Crippen molar-refractivity contribution < 1.29 is 19.0 Å². The van der Waals surface area contributed by atoms with Crippen LogP contribution in [0, 0.1) is 11.8 Å². The van der Waals surface area contributed by atoms with Crippen molar-refractivity contribution in [2.75, 3.05) is 13.2 Å². The van der Waals surface area contributed by atoms with Crippen LogP contribution in [0.3, 0.4) is 0 Å². The maximum absolute atomic E-state index is 12.1. The fraction of sp³-hybridized carbons (Fsp3) is 0.381. The number of rotatable bonds is 7. The van der Waals surface area contributed by atoms with Crippen molar-refractivity contribution in [1.29, 1.82) is 0 Å². The van der Waals surface area contributed by atoms with Gasteiger partial charge >= 0.3 is 5.97 Å². The molecule has 0 saturated carbocycles. The number of carbonyl (C=O) groups excluding carboxylic acids is 1. The monoisotopic (exact) mass is 418 g/mol. The zero-order valence-corrected chi connectivity index (χ0v) is 16.3. The van der Waals surface area contributed by atoms with Crippen LogP contribution in [0.5, 0.6) is 0 Å². The molecule has 1 saturated heterocycles. The van der Waals surface area contributed by atoms with Gasteiger partial charge in [0.15, 0.2) is 0 Å². The van der Waals surface area contributed by atoms with E-state index in [0.717, 1.165) is 5.56 Å². The molecule has 0 spiro atoms. The summed E-state index contributed by atoms with van der Waals surface area (Å²) in [5, 5.41) is -0.0618. The van der Waals surface area contributed by atoms with Crippen LogP contribution in [0.2, 0.25) is 0 Å². The summed E-state index contributed by atoms with van der Waals surface area (Å²) >= 11 is 3.56. The molecule has 0 aliphatic carbocycles. The van der Waals surface area contributed by atoms with E-state index in [2.05, 4.69) is 22.9 Å². The highest BCUT2D eigenvalue weighted by Crippen LogP contribution is 2.36. The van der Waals surface area contributed by atoms with E-state index in [4.69, 9.17) is 14.2 Å². The molecule has 4 nitrogen and oxygen atoms in total. The van der Waals surface area contributed by atoms with E-state index >= 15 is 0 Å². The first-order chi connectivity index (χ1) is 12.6. The van der Waals surface area contributed by atoms with Gasteiger partial charge in [-0.3, -0.25) is 0 Å². The lowest BCUT2D eigenvalue weighted by atomic mass is 9.93. The highest BCUT2D eigenvalue weighted by Gasteiger charge is 2.41. The molecule has 2 aromatic rings. The highest BCUT2D eigenvalue weighted by atomic mass is 79.9. The minimum absolute atomic E-state index is 0.0618. The van der Waals surface area contributed by atoms with Gasteiger partial charge in [0.05, 0.1) is 24.9 Å². The predicted molar refractivity (Wildman–Crippen MR) is 103 cm³/mol. The van der Waals surface area contributed by atoms with Gasteiger partial charge in [-0.15, -0.1) is 0 Å². The Hall–Kier alpha value is -1.69. The molecule has 5 heteroatoms. The van der Waals surface area contributed by atoms with E-state index in [1.165, 1.54) is 0 Å². The smallest absolute Gasteiger partial charge is 0.338 e. The zero-order valence-electron chi connectivity index (χ0n) is 14.7. The SMILES string of the molecule is CC1C(Br)OC(COC(=O)c2ccccc2)C1COCc1ccccc1. The summed E-state index contributed by atoms with van der Waals surface area (Å²) in [4.78, 5) is 12.1. The molecular weight excluding hydrogens is 396 g/mol. The van der Waals surface area contributed by atoms with E-state index in [9.17, 15) is 4.79 Å². The Kier molecular flexibility index (Phi) is 6.83. The maximum atomic E-state index is 12.1. The standard InChI is InChI=1S/C21H23BrO4/c1-15-18(13-24-12-16-8-4-2-5-9-16)19(26-20(15)22)14-25-21(23)17-10-6-3-7-11-17/h2-11,15,18-20H,12-14H2,1H3. The molecule has 2 aromatic carbocycles. The Morgan fingerprint density at radius 3 is 2.38 bits per heavy atom. The number of halogens is 1. The van der Waals surface area contributed by atoms with Crippen molar-refractivity contribution in [2.45, 2.75) is 24.6 Å². The van der Waals surface area contributed by atoms with Crippen LogP contribution in [0.25, 0.3) is 0 Å². The number of esters is 1. The number of alkyl halides is 1. The quantitative estimate of drug-likeness (QED) is 0.492. The molecule has 4 atom stereocenters. The fourth-order valence-corrected chi connectivity index (χ4v) is 3.72. The number of hydrogen-bond donors (Lipinski definition) is 0. The second-order valence-electron chi connectivity index (χ2n) is 6.51. The first-order valence-electron chi connectivity index (χ1n) is 8.78. The summed E-state index contributed by atoms with van der Waals surface area (Å²) in [6, 6.07) is 19.1. The third-order valence-corrected chi connectivity index (χ3v) is 5.73. The van der Waals surface area contributed by atoms with Crippen LogP contribution in [0.15, 0.2) is 60.7 Å². The van der Waals surface area contributed by atoms with Crippen molar-refractivity contribution in [1.82, 2.24) is 0 Å². The second-order valence-corrected chi connectivity index (χ2v) is 7.42. The minimum Gasteiger partial charge on any atom is -0.459 e. The van der Waals surface area contributed by atoms with Crippen molar-refractivity contribution in [2.24, 2.45) is 11.8 Å². The van der Waals surface area contributed by atoms with Crippen LogP contribution in [0.1, 0.15) is 22.8 Å². The summed E-state index contributed by atoms with van der Waals surface area (Å²) in [5.41, 5.74) is 1.69. The van der Waals surface area contributed by atoms with E-state index in [1.807, 2.05) is 48.5 Å². The lowest BCUT2D eigenvalue weighted by molar-refractivity contribution is -0.0144. The van der Waals surface area contributed by atoms with E-state index in [0.29, 0.717) is 18.8 Å². The number of ether oxygens (including phenoxy) is 3. The molecule has 0 N–H and O–H groups in total. The van der Waals surface area contributed by atoms with E-state index < -0.39 is 0 Å². The molecule has 0 aromatic heterocycles. The van der Waals surface area contributed by atoms with Crippen LogP contribution in [-0.2, 0) is 20.8 Å². The second kappa shape index (κ2) is 9.31. The molecule has 4 unspecified atom stereocenters. The minimum atomic E-state index is -0.330. The van der Waals surface area contributed by atoms with Gasteiger partial charge in [0.2, 0.25) is 0 Å². The molecule has 0 bridgehead atoms. The maximum Gasteiger partial charge on any atom is 0.338 e. The van der Waals surface area contributed by atoms with E-state index in [1.54, 1.807) is 12.1 Å². The van der Waals surface area contributed by atoms with Gasteiger partial charge in [-0.1, -0.05) is 71.4 Å². The molecule has 0 radical (unpaired) electrons. The van der Waals surface area contributed by atoms with Crippen molar-refractivity contribution in [3.05, 3.63) is 71.8 Å². The molecule has 3 rings (SSSR count). The first kappa shape index (κ1) is 19.1. The van der Waals surface area contributed by atoms with Gasteiger partial charge in [0.1, 0.15) is 11.6 Å². The third-order valence-electron chi connectivity index (χ3n) is 4.68. The summed E-state index contributed by atoms with van der Waals surface area (Å²) < 4.78 is 17.3. The Morgan fingerprint density at radius 1 is 1.04 bits per heavy atom. The van der Waals surface area contributed by atoms with Gasteiger partial charge in [-0.25, -0.2) is 4.79 Å². The lowest BCUT2D eigenvalue weighted by Crippen LogP contribution is -2.29. The summed E-state index contributed by atoms with van der Waals surface area (Å²) in [6.07, 6.45) is -0.183. The molecule has 138 valence electrons. The normalized spacial score (nSPS) is 25.2. The number of hydrogen-bond acceptors (Lipinski definition) is 4. The zero-order chi connectivity index (χ0) is 18.4.